The molecule has 4 rings (SSSR count). The Balaban J connectivity index is 1.40. The van der Waals surface area contributed by atoms with Crippen LogP contribution in [0, 0.1) is 11.8 Å². The maximum atomic E-state index is 5.51. The summed E-state index contributed by atoms with van der Waals surface area (Å²) in [5, 5.41) is 3.63. The maximum absolute atomic E-state index is 5.51. The number of fused-ring (bicyclic) bond motifs is 1. The number of benzene rings is 1. The van der Waals surface area contributed by atoms with Crippen LogP contribution in [0.15, 0.2) is 29.3 Å². The zero-order valence-corrected chi connectivity index (χ0v) is 16.0. The molecule has 142 valence electrons. The molecule has 2 atom stereocenters. The average molecular weight is 357 g/mol. The molecule has 0 bridgehead atoms. The predicted molar refractivity (Wildman–Crippen MR) is 107 cm³/mol. The monoisotopic (exact) mass is 356 g/mol. The van der Waals surface area contributed by atoms with Crippen molar-refractivity contribution in [3.05, 3.63) is 29.8 Å². The van der Waals surface area contributed by atoms with Gasteiger partial charge in [0.05, 0.1) is 13.2 Å². The highest BCUT2D eigenvalue weighted by Crippen LogP contribution is 2.36. The highest BCUT2D eigenvalue weighted by atomic mass is 16.5. The molecule has 0 radical (unpaired) electrons. The van der Waals surface area contributed by atoms with Crippen molar-refractivity contribution >= 4 is 11.6 Å². The predicted octanol–water partition coefficient (Wildman–Crippen LogP) is 2.72. The minimum absolute atomic E-state index is 0.819. The molecule has 0 amide bonds. The second-order valence-corrected chi connectivity index (χ2v) is 7.84. The Morgan fingerprint density at radius 2 is 1.81 bits per heavy atom. The normalized spacial score (nSPS) is 26.7. The third-order valence-corrected chi connectivity index (χ3v) is 6.27. The van der Waals surface area contributed by atoms with Crippen LogP contribution >= 0.6 is 0 Å². The zero-order valence-electron chi connectivity index (χ0n) is 16.0. The molecule has 2 aliphatic heterocycles. The van der Waals surface area contributed by atoms with Gasteiger partial charge in [-0.25, -0.2) is 0 Å². The Bertz CT molecular complexity index is 612. The lowest BCUT2D eigenvalue weighted by molar-refractivity contribution is 0.122. The summed E-state index contributed by atoms with van der Waals surface area (Å²) in [5.74, 6) is 2.82. The molecule has 1 aromatic carbocycles. The van der Waals surface area contributed by atoms with Gasteiger partial charge in [0, 0.05) is 45.5 Å². The van der Waals surface area contributed by atoms with Gasteiger partial charge in [0.2, 0.25) is 0 Å². The van der Waals surface area contributed by atoms with E-state index in [0.717, 1.165) is 50.6 Å². The Kier molecular flexibility index (Phi) is 5.63. The molecule has 2 saturated heterocycles. The molecule has 2 heterocycles. The van der Waals surface area contributed by atoms with E-state index >= 15 is 0 Å². The standard InChI is InChI=1S/C21H32N4O/c1-22-21(25-15-18-7-2-3-8-19(18)16-25)23-14-17-6-4-5-9-20(17)24-10-12-26-13-11-24/h4-6,9,18-19H,2-3,7-8,10-16H2,1H3,(H,22,23). The number of rotatable bonds is 3. The number of likely N-dealkylation sites (tertiary alicyclic amines) is 1. The topological polar surface area (TPSA) is 40.1 Å². The summed E-state index contributed by atoms with van der Waals surface area (Å²) in [7, 11) is 1.91. The van der Waals surface area contributed by atoms with Crippen LogP contribution in [0.25, 0.3) is 0 Å². The van der Waals surface area contributed by atoms with Crippen molar-refractivity contribution in [1.82, 2.24) is 10.2 Å². The van der Waals surface area contributed by atoms with E-state index in [-0.39, 0.29) is 0 Å². The van der Waals surface area contributed by atoms with Crippen molar-refractivity contribution in [1.29, 1.82) is 0 Å². The zero-order chi connectivity index (χ0) is 17.8. The van der Waals surface area contributed by atoms with E-state index in [1.54, 1.807) is 0 Å². The van der Waals surface area contributed by atoms with Crippen molar-refractivity contribution in [3.63, 3.8) is 0 Å². The van der Waals surface area contributed by atoms with Crippen molar-refractivity contribution in [2.45, 2.75) is 32.2 Å². The van der Waals surface area contributed by atoms with Crippen molar-refractivity contribution in [3.8, 4) is 0 Å². The largest absolute Gasteiger partial charge is 0.378 e. The Hall–Kier alpha value is -1.75. The second-order valence-electron chi connectivity index (χ2n) is 7.84. The molecule has 1 N–H and O–H groups in total. The molecular weight excluding hydrogens is 324 g/mol. The summed E-state index contributed by atoms with van der Waals surface area (Å²) in [6.45, 7) is 6.76. The number of guanidine groups is 1. The van der Waals surface area contributed by atoms with E-state index < -0.39 is 0 Å². The van der Waals surface area contributed by atoms with Gasteiger partial charge in [0.1, 0.15) is 0 Å². The van der Waals surface area contributed by atoms with Crippen LogP contribution in [0.2, 0.25) is 0 Å². The molecule has 5 heteroatoms. The number of hydrogen-bond donors (Lipinski definition) is 1. The van der Waals surface area contributed by atoms with Gasteiger partial charge in [-0.1, -0.05) is 31.0 Å². The van der Waals surface area contributed by atoms with E-state index in [1.807, 2.05) is 7.05 Å². The van der Waals surface area contributed by atoms with Gasteiger partial charge < -0.3 is 19.9 Å². The average Bonchev–Trinajstić information content (AvgIpc) is 3.13. The van der Waals surface area contributed by atoms with Crippen LogP contribution in [0.4, 0.5) is 5.69 Å². The molecule has 0 spiro atoms. The lowest BCUT2D eigenvalue weighted by atomic mass is 9.82. The van der Waals surface area contributed by atoms with Crippen LogP contribution in [0.1, 0.15) is 31.2 Å². The van der Waals surface area contributed by atoms with E-state index in [9.17, 15) is 0 Å². The summed E-state index contributed by atoms with van der Waals surface area (Å²) < 4.78 is 5.51. The van der Waals surface area contributed by atoms with Crippen molar-refractivity contribution < 1.29 is 4.74 Å². The number of nitrogens with zero attached hydrogens (tertiary/aromatic N) is 3. The van der Waals surface area contributed by atoms with Gasteiger partial charge >= 0.3 is 0 Å². The highest BCUT2D eigenvalue weighted by molar-refractivity contribution is 5.80. The molecule has 3 fully saturated rings. The first-order valence-corrected chi connectivity index (χ1v) is 10.2. The molecule has 26 heavy (non-hydrogen) atoms. The maximum Gasteiger partial charge on any atom is 0.193 e. The minimum atomic E-state index is 0.819. The number of para-hydroxylation sites is 1. The van der Waals surface area contributed by atoms with Gasteiger partial charge in [-0.05, 0) is 36.3 Å². The smallest absolute Gasteiger partial charge is 0.193 e. The molecule has 1 aliphatic carbocycles. The number of anilines is 1. The van der Waals surface area contributed by atoms with E-state index in [0.29, 0.717) is 0 Å². The van der Waals surface area contributed by atoms with E-state index in [1.165, 1.54) is 50.0 Å². The summed E-state index contributed by atoms with van der Waals surface area (Å²) >= 11 is 0. The number of ether oxygens (including phenoxy) is 1. The van der Waals surface area contributed by atoms with Crippen LogP contribution in [-0.2, 0) is 11.3 Å². The molecule has 5 nitrogen and oxygen atoms in total. The van der Waals surface area contributed by atoms with Crippen LogP contribution in [-0.4, -0.2) is 57.3 Å². The highest BCUT2D eigenvalue weighted by Gasteiger charge is 2.35. The van der Waals surface area contributed by atoms with Crippen LogP contribution in [0.5, 0.6) is 0 Å². The minimum Gasteiger partial charge on any atom is -0.378 e. The van der Waals surface area contributed by atoms with Gasteiger partial charge in [-0.3, -0.25) is 4.99 Å². The summed E-state index contributed by atoms with van der Waals surface area (Å²) in [4.78, 5) is 9.51. The first-order valence-electron chi connectivity index (χ1n) is 10.2. The third-order valence-electron chi connectivity index (χ3n) is 6.27. The van der Waals surface area contributed by atoms with E-state index in [4.69, 9.17) is 4.74 Å². The number of aliphatic imine (C=N–C) groups is 1. The number of hydrogen-bond acceptors (Lipinski definition) is 3. The number of morpholine rings is 1. The van der Waals surface area contributed by atoms with Crippen molar-refractivity contribution in [2.75, 3.05) is 51.3 Å². The number of nitrogens with one attached hydrogen (secondary N) is 1. The molecule has 1 saturated carbocycles. The van der Waals surface area contributed by atoms with Gasteiger partial charge in [0.25, 0.3) is 0 Å². The van der Waals surface area contributed by atoms with Crippen LogP contribution < -0.4 is 10.2 Å². The fraction of sp³-hybridized carbons (Fsp3) is 0.667. The van der Waals surface area contributed by atoms with Gasteiger partial charge in [-0.15, -0.1) is 0 Å². The molecular formula is C21H32N4O. The van der Waals surface area contributed by atoms with Gasteiger partial charge in [-0.2, -0.15) is 0 Å². The third kappa shape index (κ3) is 3.83. The molecule has 1 aromatic rings. The molecule has 0 aromatic heterocycles. The molecule has 3 aliphatic rings. The fourth-order valence-corrected chi connectivity index (χ4v) is 4.86. The first-order chi connectivity index (χ1) is 12.8. The summed E-state index contributed by atoms with van der Waals surface area (Å²) in [5.41, 5.74) is 2.67. The first kappa shape index (κ1) is 17.7. The quantitative estimate of drug-likeness (QED) is 0.668. The molecule has 2 unspecified atom stereocenters. The Labute approximate surface area is 157 Å². The van der Waals surface area contributed by atoms with Crippen molar-refractivity contribution in [2.24, 2.45) is 16.8 Å². The summed E-state index contributed by atoms with van der Waals surface area (Å²) in [6, 6.07) is 8.73. The van der Waals surface area contributed by atoms with E-state index in [2.05, 4.69) is 44.4 Å². The summed E-state index contributed by atoms with van der Waals surface area (Å²) in [6.07, 6.45) is 5.62. The lowest BCUT2D eigenvalue weighted by Gasteiger charge is -2.31. The fourth-order valence-electron chi connectivity index (χ4n) is 4.86. The van der Waals surface area contributed by atoms with Crippen LogP contribution in [0.3, 0.4) is 0 Å². The second kappa shape index (κ2) is 8.30. The van der Waals surface area contributed by atoms with Gasteiger partial charge in [0.15, 0.2) is 5.96 Å². The SMILES string of the molecule is CN=C(NCc1ccccc1N1CCOCC1)N1CC2CCCCC2C1. The Morgan fingerprint density at radius 1 is 1.12 bits per heavy atom. The Morgan fingerprint density at radius 3 is 2.50 bits per heavy atom. The lowest BCUT2D eigenvalue weighted by Crippen LogP contribution is -2.41.